The van der Waals surface area contributed by atoms with Gasteiger partial charge < -0.3 is 36.1 Å². The molecule has 2 aromatic rings. The zero-order valence-electron chi connectivity index (χ0n) is 16.5. The molecule has 2 aromatic heterocycles. The number of aromatic hydroxyl groups is 1. The Morgan fingerprint density at radius 2 is 2.06 bits per heavy atom. The van der Waals surface area contributed by atoms with Gasteiger partial charge in [-0.05, 0) is 37.3 Å². The van der Waals surface area contributed by atoms with E-state index in [1.807, 2.05) is 0 Å². The molecule has 31 heavy (non-hydrogen) atoms. The topological polar surface area (TPSA) is 201 Å². The van der Waals surface area contributed by atoms with Crippen molar-refractivity contribution in [2.75, 3.05) is 17.6 Å². The fourth-order valence-corrected chi connectivity index (χ4v) is 3.36. The van der Waals surface area contributed by atoms with Crippen molar-refractivity contribution in [1.29, 1.82) is 0 Å². The number of carboxylic acids is 2. The number of nitrogens with one attached hydrogen (secondary N) is 2. The summed E-state index contributed by atoms with van der Waals surface area (Å²) in [7, 11) is 0. The predicted molar refractivity (Wildman–Crippen MR) is 107 cm³/mol. The highest BCUT2D eigenvalue weighted by atomic mass is 16.4. The number of hydrogen-bond donors (Lipinski definition) is 6. The maximum Gasteiger partial charge on any atom is 0.326 e. The van der Waals surface area contributed by atoms with Crippen LogP contribution in [-0.2, 0) is 22.4 Å². The van der Waals surface area contributed by atoms with Gasteiger partial charge in [0.05, 0.1) is 5.56 Å². The number of nitrogen functional groups attached to an aromatic ring is 1. The number of nitrogens with two attached hydrogens (primary N) is 1. The number of fused-ring (bicyclic) bond motifs is 1. The lowest BCUT2D eigenvalue weighted by molar-refractivity contribution is -0.140. The average Bonchev–Trinajstić information content (AvgIpc) is 3.18. The van der Waals surface area contributed by atoms with E-state index in [9.17, 15) is 19.5 Å². The summed E-state index contributed by atoms with van der Waals surface area (Å²) in [6, 6.07) is 1.75. The summed E-state index contributed by atoms with van der Waals surface area (Å²) in [4.78, 5) is 41.9. The Kier molecular flexibility index (Phi) is 6.58. The molecule has 0 radical (unpaired) electrons. The third-order valence-electron chi connectivity index (χ3n) is 4.99. The first-order chi connectivity index (χ1) is 14.7. The highest BCUT2D eigenvalue weighted by Crippen LogP contribution is 2.31. The lowest BCUT2D eigenvalue weighted by Gasteiger charge is -2.25. The van der Waals surface area contributed by atoms with Crippen molar-refractivity contribution in [3.8, 4) is 5.88 Å². The number of aryl methyl sites for hydroxylation is 1. The number of anilines is 2. The van der Waals surface area contributed by atoms with Gasteiger partial charge in [-0.25, -0.2) is 4.79 Å². The third-order valence-corrected chi connectivity index (χ3v) is 4.99. The van der Waals surface area contributed by atoms with Crippen molar-refractivity contribution in [3.63, 3.8) is 0 Å². The highest BCUT2D eigenvalue weighted by Gasteiger charge is 2.25. The molecule has 0 saturated carbocycles. The van der Waals surface area contributed by atoms with E-state index < -0.39 is 23.9 Å². The fraction of sp³-hybridized carbons (Fsp3) is 0.421. The van der Waals surface area contributed by atoms with Gasteiger partial charge in [0, 0.05) is 19.4 Å². The molecule has 1 amide bonds. The molecule has 0 fully saturated rings. The number of furan rings is 1. The summed E-state index contributed by atoms with van der Waals surface area (Å²) < 4.78 is 5.52. The second-order valence-corrected chi connectivity index (χ2v) is 7.28. The largest absolute Gasteiger partial charge is 0.493 e. The number of amides is 1. The summed E-state index contributed by atoms with van der Waals surface area (Å²) in [5, 5.41) is 33.2. The normalized spacial score (nSPS) is 16.1. The van der Waals surface area contributed by atoms with E-state index >= 15 is 0 Å². The third kappa shape index (κ3) is 5.62. The van der Waals surface area contributed by atoms with E-state index in [2.05, 4.69) is 20.6 Å². The van der Waals surface area contributed by atoms with Crippen LogP contribution < -0.4 is 16.4 Å². The molecule has 12 heteroatoms. The van der Waals surface area contributed by atoms with E-state index in [0.717, 1.165) is 0 Å². The van der Waals surface area contributed by atoms with Crippen molar-refractivity contribution in [3.05, 3.63) is 29.2 Å². The molecular formula is C19H23N5O7. The maximum absolute atomic E-state index is 12.2. The molecule has 3 heterocycles. The Morgan fingerprint density at radius 1 is 1.29 bits per heavy atom. The summed E-state index contributed by atoms with van der Waals surface area (Å²) in [6.45, 7) is 0.626. The Morgan fingerprint density at radius 3 is 2.77 bits per heavy atom. The number of carbonyl (C=O) groups excluding carboxylic acids is 1. The van der Waals surface area contributed by atoms with Gasteiger partial charge in [-0.3, -0.25) is 9.59 Å². The second kappa shape index (κ2) is 9.32. The Hall–Kier alpha value is -3.83. The van der Waals surface area contributed by atoms with Crippen LogP contribution >= 0.6 is 0 Å². The summed E-state index contributed by atoms with van der Waals surface area (Å²) in [5.41, 5.74) is 6.13. The van der Waals surface area contributed by atoms with Crippen LogP contribution in [-0.4, -0.2) is 55.7 Å². The number of hydrogen-bond acceptors (Lipinski definition) is 9. The van der Waals surface area contributed by atoms with Crippen LogP contribution in [0.25, 0.3) is 0 Å². The molecule has 3 rings (SSSR count). The van der Waals surface area contributed by atoms with Crippen molar-refractivity contribution in [1.82, 2.24) is 15.3 Å². The number of aromatic nitrogens is 2. The molecule has 0 spiro atoms. The molecule has 1 aliphatic rings. The monoisotopic (exact) mass is 433 g/mol. The van der Waals surface area contributed by atoms with Crippen molar-refractivity contribution in [2.45, 2.75) is 38.1 Å². The molecule has 0 aliphatic carbocycles. The van der Waals surface area contributed by atoms with E-state index in [0.29, 0.717) is 42.9 Å². The van der Waals surface area contributed by atoms with Crippen LogP contribution in [0.1, 0.15) is 41.1 Å². The predicted octanol–water partition coefficient (Wildman–Crippen LogP) is 0.622. The SMILES string of the molecule is Nc1nc(O)c2c(n1)NC[C@H](CCc1ccc(C(=O)N[C@@H](CCC(=O)O)C(=O)O)o1)C2. The van der Waals surface area contributed by atoms with Crippen LogP contribution in [0.15, 0.2) is 16.5 Å². The van der Waals surface area contributed by atoms with E-state index in [-0.39, 0.29) is 36.3 Å². The Balaban J connectivity index is 1.54. The van der Waals surface area contributed by atoms with Crippen molar-refractivity contribution in [2.24, 2.45) is 5.92 Å². The lowest BCUT2D eigenvalue weighted by Crippen LogP contribution is -2.41. The first-order valence-corrected chi connectivity index (χ1v) is 9.66. The lowest BCUT2D eigenvalue weighted by atomic mass is 9.92. The molecule has 166 valence electrons. The minimum absolute atomic E-state index is 0.00307. The quantitative estimate of drug-likeness (QED) is 0.324. The van der Waals surface area contributed by atoms with E-state index in [4.69, 9.17) is 20.4 Å². The van der Waals surface area contributed by atoms with Gasteiger partial charge >= 0.3 is 11.9 Å². The second-order valence-electron chi connectivity index (χ2n) is 7.28. The minimum atomic E-state index is -1.32. The van der Waals surface area contributed by atoms with Gasteiger partial charge in [0.1, 0.15) is 17.6 Å². The van der Waals surface area contributed by atoms with Crippen LogP contribution in [0.3, 0.4) is 0 Å². The zero-order valence-corrected chi connectivity index (χ0v) is 16.5. The minimum Gasteiger partial charge on any atom is -0.493 e. The van der Waals surface area contributed by atoms with Gasteiger partial charge in [-0.2, -0.15) is 9.97 Å². The van der Waals surface area contributed by atoms with E-state index in [1.54, 1.807) is 6.07 Å². The molecule has 0 bridgehead atoms. The summed E-state index contributed by atoms with van der Waals surface area (Å²) in [6.07, 6.45) is 1.16. The maximum atomic E-state index is 12.2. The van der Waals surface area contributed by atoms with Crippen molar-refractivity contribution >= 4 is 29.6 Å². The van der Waals surface area contributed by atoms with Crippen molar-refractivity contribution < 1.29 is 34.1 Å². The smallest absolute Gasteiger partial charge is 0.326 e. The molecule has 7 N–H and O–H groups in total. The number of nitrogens with zero attached hydrogens (tertiary/aromatic N) is 2. The van der Waals surface area contributed by atoms with Gasteiger partial charge in [0.25, 0.3) is 5.91 Å². The Labute approximate surface area is 176 Å². The van der Waals surface area contributed by atoms with Gasteiger partial charge in [0.2, 0.25) is 11.8 Å². The molecule has 0 saturated heterocycles. The molecule has 2 atom stereocenters. The first kappa shape index (κ1) is 21.9. The fourth-order valence-electron chi connectivity index (χ4n) is 3.36. The summed E-state index contributed by atoms with van der Waals surface area (Å²) in [5.74, 6) is -2.16. The van der Waals surface area contributed by atoms with Crippen LogP contribution in [0.5, 0.6) is 5.88 Å². The Bertz CT molecular complexity index is 990. The first-order valence-electron chi connectivity index (χ1n) is 9.66. The highest BCUT2D eigenvalue weighted by molar-refractivity contribution is 5.94. The van der Waals surface area contributed by atoms with Gasteiger partial charge in [-0.1, -0.05) is 0 Å². The molecule has 0 unspecified atom stereocenters. The molecule has 0 aromatic carbocycles. The molecule has 12 nitrogen and oxygen atoms in total. The van der Waals surface area contributed by atoms with Crippen LogP contribution in [0.4, 0.5) is 11.8 Å². The average molecular weight is 433 g/mol. The van der Waals surface area contributed by atoms with Gasteiger partial charge in [-0.15, -0.1) is 0 Å². The molecular weight excluding hydrogens is 410 g/mol. The standard InChI is InChI=1S/C19H23N5O7/c20-19-23-15-11(16(27)24-19)7-9(8-21-15)1-2-10-3-5-13(31-10)17(28)22-12(18(29)30)4-6-14(25)26/h3,5,9,12H,1-2,4,6-8H2,(H,22,28)(H,25,26)(H,29,30)(H4,20,21,23,24,27)/t9-,12+/m1/s1. The van der Waals surface area contributed by atoms with Gasteiger partial charge in [0.15, 0.2) is 5.76 Å². The molecule has 1 aliphatic heterocycles. The number of carboxylic acid groups (broad SMARTS) is 2. The number of aliphatic carboxylic acids is 2. The van der Waals surface area contributed by atoms with Crippen LogP contribution in [0.2, 0.25) is 0 Å². The number of rotatable bonds is 9. The number of carbonyl (C=O) groups is 3. The van der Waals surface area contributed by atoms with E-state index in [1.165, 1.54) is 6.07 Å². The zero-order chi connectivity index (χ0) is 22.5. The summed E-state index contributed by atoms with van der Waals surface area (Å²) >= 11 is 0. The van der Waals surface area contributed by atoms with Crippen LogP contribution in [0, 0.1) is 5.92 Å².